The number of benzene rings is 2. The number of aromatic nitrogens is 1. The maximum atomic E-state index is 13.8. The van der Waals surface area contributed by atoms with E-state index in [1.54, 1.807) is 29.3 Å². The van der Waals surface area contributed by atoms with Gasteiger partial charge in [-0.2, -0.15) is 0 Å². The summed E-state index contributed by atoms with van der Waals surface area (Å²) < 4.78 is 36.5. The first kappa shape index (κ1) is 18.9. The molecule has 0 bridgehead atoms. The summed E-state index contributed by atoms with van der Waals surface area (Å²) in [7, 11) is 0. The SMILES string of the molecule is O=C(C1COc2ccccc2O1)N(Cc1c[nH]c2ccc(F)cc12)CC1OCCO1. The maximum absolute atomic E-state index is 13.8. The lowest BCUT2D eigenvalue weighted by molar-refractivity contribution is -0.148. The Kier molecular flexibility index (Phi) is 5.02. The van der Waals surface area contributed by atoms with E-state index in [4.69, 9.17) is 18.9 Å². The van der Waals surface area contributed by atoms with E-state index in [-0.39, 0.29) is 31.4 Å². The fourth-order valence-corrected chi connectivity index (χ4v) is 3.76. The number of hydrogen-bond acceptors (Lipinski definition) is 5. The fraction of sp³-hybridized carbons (Fsp3) is 0.318. The molecule has 2 aliphatic rings. The molecule has 1 amide bonds. The van der Waals surface area contributed by atoms with Crippen molar-refractivity contribution in [2.75, 3.05) is 26.4 Å². The minimum Gasteiger partial charge on any atom is -0.485 e. The molecule has 1 saturated heterocycles. The van der Waals surface area contributed by atoms with E-state index in [9.17, 15) is 9.18 Å². The summed E-state index contributed by atoms with van der Waals surface area (Å²) in [5.74, 6) is 0.575. The molecule has 0 aliphatic carbocycles. The number of para-hydroxylation sites is 2. The lowest BCUT2D eigenvalue weighted by Crippen LogP contribution is -2.48. The average Bonchev–Trinajstić information content (AvgIpc) is 3.42. The van der Waals surface area contributed by atoms with Gasteiger partial charge in [-0.15, -0.1) is 0 Å². The second kappa shape index (κ2) is 7.97. The molecule has 3 aromatic rings. The number of nitrogens with zero attached hydrogens (tertiary/aromatic N) is 1. The first-order valence-electron chi connectivity index (χ1n) is 9.83. The van der Waals surface area contributed by atoms with Crippen molar-refractivity contribution in [3.05, 3.63) is 60.0 Å². The zero-order chi connectivity index (χ0) is 20.5. The Labute approximate surface area is 172 Å². The van der Waals surface area contributed by atoms with E-state index in [0.29, 0.717) is 24.7 Å². The first-order chi connectivity index (χ1) is 14.7. The molecule has 5 rings (SSSR count). The molecule has 1 N–H and O–H groups in total. The van der Waals surface area contributed by atoms with Crippen molar-refractivity contribution in [2.24, 2.45) is 0 Å². The number of hydrogen-bond donors (Lipinski definition) is 1. The quantitative estimate of drug-likeness (QED) is 0.698. The lowest BCUT2D eigenvalue weighted by Gasteiger charge is -2.31. The number of H-pyrrole nitrogens is 1. The second-order valence-electron chi connectivity index (χ2n) is 7.26. The Hall–Kier alpha value is -3.10. The van der Waals surface area contributed by atoms with Gasteiger partial charge >= 0.3 is 0 Å². The number of carbonyl (C=O) groups excluding carboxylic acids is 1. The molecule has 1 fully saturated rings. The van der Waals surface area contributed by atoms with Crippen LogP contribution in [0.15, 0.2) is 48.7 Å². The highest BCUT2D eigenvalue weighted by atomic mass is 19.1. The summed E-state index contributed by atoms with van der Waals surface area (Å²) in [6, 6.07) is 11.8. The van der Waals surface area contributed by atoms with Crippen molar-refractivity contribution >= 4 is 16.8 Å². The lowest BCUT2D eigenvalue weighted by atomic mass is 10.1. The number of carbonyl (C=O) groups is 1. The van der Waals surface area contributed by atoms with E-state index in [1.807, 2.05) is 12.1 Å². The predicted molar refractivity (Wildman–Crippen MR) is 106 cm³/mol. The standard InChI is InChI=1S/C22H21FN2O5/c23-15-5-6-17-16(9-15)14(10-24-17)11-25(12-21-27-7-8-28-21)22(26)20-13-29-18-3-1-2-4-19(18)30-20/h1-6,9-10,20-21,24H,7-8,11-13H2. The summed E-state index contributed by atoms with van der Waals surface area (Å²) >= 11 is 0. The van der Waals surface area contributed by atoms with E-state index < -0.39 is 12.4 Å². The summed E-state index contributed by atoms with van der Waals surface area (Å²) in [6.07, 6.45) is 0.491. The van der Waals surface area contributed by atoms with Crippen LogP contribution in [-0.4, -0.2) is 54.6 Å². The van der Waals surface area contributed by atoms with Crippen LogP contribution in [0.3, 0.4) is 0 Å². The topological polar surface area (TPSA) is 73.0 Å². The molecule has 3 heterocycles. The van der Waals surface area contributed by atoms with Crippen LogP contribution < -0.4 is 9.47 Å². The summed E-state index contributed by atoms with van der Waals surface area (Å²) in [5.41, 5.74) is 1.60. The Morgan fingerprint density at radius 3 is 2.77 bits per heavy atom. The number of amides is 1. The van der Waals surface area contributed by atoms with Crippen LogP contribution in [-0.2, 0) is 20.8 Å². The predicted octanol–water partition coefficient (Wildman–Crippen LogP) is 2.85. The van der Waals surface area contributed by atoms with Crippen LogP contribution in [0.25, 0.3) is 10.9 Å². The van der Waals surface area contributed by atoms with Gasteiger partial charge in [-0.3, -0.25) is 4.79 Å². The largest absolute Gasteiger partial charge is 0.485 e. The molecule has 2 aromatic carbocycles. The van der Waals surface area contributed by atoms with Gasteiger partial charge in [0.25, 0.3) is 5.91 Å². The van der Waals surface area contributed by atoms with Crippen LogP contribution >= 0.6 is 0 Å². The Balaban J connectivity index is 1.40. The molecule has 8 heteroatoms. The number of rotatable bonds is 5. The smallest absolute Gasteiger partial charge is 0.267 e. The first-order valence-corrected chi connectivity index (χ1v) is 9.83. The van der Waals surface area contributed by atoms with Crippen molar-refractivity contribution < 1.29 is 28.1 Å². The van der Waals surface area contributed by atoms with Crippen LogP contribution in [0.4, 0.5) is 4.39 Å². The van der Waals surface area contributed by atoms with Gasteiger partial charge in [-0.25, -0.2) is 4.39 Å². The molecule has 0 spiro atoms. The highest BCUT2D eigenvalue weighted by Crippen LogP contribution is 2.31. The van der Waals surface area contributed by atoms with Gasteiger partial charge in [-0.1, -0.05) is 12.1 Å². The summed E-state index contributed by atoms with van der Waals surface area (Å²) in [5, 5.41) is 0.729. The molecule has 7 nitrogen and oxygen atoms in total. The van der Waals surface area contributed by atoms with Crippen molar-refractivity contribution in [3.63, 3.8) is 0 Å². The highest BCUT2D eigenvalue weighted by molar-refractivity contribution is 5.85. The third-order valence-electron chi connectivity index (χ3n) is 5.25. The van der Waals surface area contributed by atoms with Gasteiger partial charge in [0.2, 0.25) is 6.10 Å². The van der Waals surface area contributed by atoms with Gasteiger partial charge < -0.3 is 28.8 Å². The van der Waals surface area contributed by atoms with E-state index >= 15 is 0 Å². The van der Waals surface area contributed by atoms with Gasteiger partial charge in [0, 0.05) is 23.6 Å². The van der Waals surface area contributed by atoms with Crippen LogP contribution in [0.1, 0.15) is 5.56 Å². The normalized spacial score (nSPS) is 18.6. The van der Waals surface area contributed by atoms with Crippen LogP contribution in [0, 0.1) is 5.82 Å². The maximum Gasteiger partial charge on any atom is 0.267 e. The van der Waals surface area contributed by atoms with Crippen molar-refractivity contribution in [3.8, 4) is 11.5 Å². The summed E-state index contributed by atoms with van der Waals surface area (Å²) in [4.78, 5) is 18.1. The summed E-state index contributed by atoms with van der Waals surface area (Å²) in [6.45, 7) is 1.58. The molecule has 156 valence electrons. The minimum absolute atomic E-state index is 0.112. The Morgan fingerprint density at radius 1 is 1.13 bits per heavy atom. The van der Waals surface area contributed by atoms with Crippen LogP contribution in [0.2, 0.25) is 0 Å². The van der Waals surface area contributed by atoms with E-state index in [1.165, 1.54) is 12.1 Å². The highest BCUT2D eigenvalue weighted by Gasteiger charge is 2.33. The molecule has 0 saturated carbocycles. The Bertz CT molecular complexity index is 1060. The zero-order valence-electron chi connectivity index (χ0n) is 16.2. The third-order valence-corrected chi connectivity index (χ3v) is 5.25. The molecule has 2 aliphatic heterocycles. The average molecular weight is 412 g/mol. The van der Waals surface area contributed by atoms with E-state index in [0.717, 1.165) is 16.5 Å². The second-order valence-corrected chi connectivity index (χ2v) is 7.26. The number of halogens is 1. The fourth-order valence-electron chi connectivity index (χ4n) is 3.76. The van der Waals surface area contributed by atoms with Crippen molar-refractivity contribution in [1.29, 1.82) is 0 Å². The minimum atomic E-state index is -0.789. The molecule has 1 unspecified atom stereocenters. The van der Waals surface area contributed by atoms with Gasteiger partial charge in [0.05, 0.1) is 19.8 Å². The van der Waals surface area contributed by atoms with Gasteiger partial charge in [-0.05, 0) is 35.9 Å². The monoisotopic (exact) mass is 412 g/mol. The molecule has 1 atom stereocenters. The molecule has 1 aromatic heterocycles. The van der Waals surface area contributed by atoms with Gasteiger partial charge in [0.1, 0.15) is 12.4 Å². The molecular weight excluding hydrogens is 391 g/mol. The van der Waals surface area contributed by atoms with Crippen molar-refractivity contribution in [2.45, 2.75) is 18.9 Å². The number of fused-ring (bicyclic) bond motifs is 2. The van der Waals surface area contributed by atoms with Gasteiger partial charge in [0.15, 0.2) is 17.8 Å². The number of ether oxygens (including phenoxy) is 4. The zero-order valence-corrected chi connectivity index (χ0v) is 16.2. The molecular formula is C22H21FN2O5. The van der Waals surface area contributed by atoms with Crippen LogP contribution in [0.5, 0.6) is 11.5 Å². The van der Waals surface area contributed by atoms with E-state index in [2.05, 4.69) is 4.98 Å². The molecule has 30 heavy (non-hydrogen) atoms. The van der Waals surface area contributed by atoms with Crippen molar-refractivity contribution in [1.82, 2.24) is 9.88 Å². The number of aromatic amines is 1. The third kappa shape index (κ3) is 3.71. The Morgan fingerprint density at radius 2 is 1.93 bits per heavy atom. The molecule has 0 radical (unpaired) electrons. The number of nitrogens with one attached hydrogen (secondary N) is 1.